The van der Waals surface area contributed by atoms with Gasteiger partial charge in [0.1, 0.15) is 0 Å². The number of hydrogen-bond donors (Lipinski definition) is 1. The summed E-state index contributed by atoms with van der Waals surface area (Å²) in [5, 5.41) is 19.4. The molecule has 1 rings (SSSR count). The molecule has 0 aliphatic carbocycles. The van der Waals surface area contributed by atoms with Crippen molar-refractivity contribution in [3.05, 3.63) is 39.4 Å². The van der Waals surface area contributed by atoms with Crippen molar-refractivity contribution < 1.29 is 19.6 Å². The Morgan fingerprint density at radius 3 is 2.73 bits per heavy atom. The first-order valence-corrected chi connectivity index (χ1v) is 4.06. The Bertz CT molecular complexity index is 401. The summed E-state index contributed by atoms with van der Waals surface area (Å²) in [5.74, 6) is -0.706. The summed E-state index contributed by atoms with van der Waals surface area (Å²) in [6, 6.07) is 3.62. The highest BCUT2D eigenvalue weighted by Crippen LogP contribution is 2.18. The number of carbonyl (C=O) groups excluding carboxylic acids is 1. The van der Waals surface area contributed by atoms with Gasteiger partial charge in [0.25, 0.3) is 5.69 Å². The van der Waals surface area contributed by atoms with Crippen LogP contribution in [0, 0.1) is 10.1 Å². The zero-order valence-corrected chi connectivity index (χ0v) is 7.97. The Morgan fingerprint density at radius 1 is 1.60 bits per heavy atom. The Hall–Kier alpha value is -1.95. The molecule has 1 aromatic carbocycles. The number of non-ortho nitro benzene ring substituents is 1. The van der Waals surface area contributed by atoms with E-state index < -0.39 is 10.9 Å². The van der Waals surface area contributed by atoms with Gasteiger partial charge in [0.15, 0.2) is 0 Å². The van der Waals surface area contributed by atoms with Crippen molar-refractivity contribution in [3.63, 3.8) is 0 Å². The van der Waals surface area contributed by atoms with E-state index in [0.717, 1.165) is 6.07 Å². The molecular weight excluding hydrogens is 202 g/mol. The molecule has 0 amide bonds. The highest BCUT2D eigenvalue weighted by atomic mass is 16.6. The average molecular weight is 211 g/mol. The molecule has 0 aliphatic rings. The number of nitro groups is 1. The van der Waals surface area contributed by atoms with Crippen LogP contribution in [0.25, 0.3) is 0 Å². The van der Waals surface area contributed by atoms with E-state index in [4.69, 9.17) is 5.11 Å². The first kappa shape index (κ1) is 11.1. The summed E-state index contributed by atoms with van der Waals surface area (Å²) in [7, 11) is 1.17. The second-order valence-corrected chi connectivity index (χ2v) is 2.75. The van der Waals surface area contributed by atoms with Crippen LogP contribution in [-0.2, 0) is 11.3 Å². The summed E-state index contributed by atoms with van der Waals surface area (Å²) < 4.78 is 4.44. The van der Waals surface area contributed by atoms with E-state index in [0.29, 0.717) is 5.56 Å². The molecule has 0 bridgehead atoms. The number of hydrogen-bond acceptors (Lipinski definition) is 5. The highest BCUT2D eigenvalue weighted by molar-refractivity contribution is 5.91. The quantitative estimate of drug-likeness (QED) is 0.455. The number of aliphatic hydroxyl groups is 1. The number of nitro benzene ring substituents is 1. The van der Waals surface area contributed by atoms with Crippen molar-refractivity contribution in [1.82, 2.24) is 0 Å². The van der Waals surface area contributed by atoms with Gasteiger partial charge in [0, 0.05) is 12.1 Å². The van der Waals surface area contributed by atoms with Gasteiger partial charge >= 0.3 is 5.97 Å². The fourth-order valence-electron chi connectivity index (χ4n) is 1.12. The summed E-state index contributed by atoms with van der Waals surface area (Å²) in [5.41, 5.74) is 0.0919. The minimum absolute atomic E-state index is 0.00852. The largest absolute Gasteiger partial charge is 0.465 e. The lowest BCUT2D eigenvalue weighted by Gasteiger charge is -2.04. The van der Waals surface area contributed by atoms with E-state index in [1.54, 1.807) is 0 Å². The minimum Gasteiger partial charge on any atom is -0.465 e. The van der Waals surface area contributed by atoms with Crippen molar-refractivity contribution in [2.45, 2.75) is 6.61 Å². The molecule has 0 aliphatic heterocycles. The van der Waals surface area contributed by atoms with E-state index in [1.165, 1.54) is 19.2 Å². The van der Waals surface area contributed by atoms with E-state index in [2.05, 4.69) is 4.74 Å². The summed E-state index contributed by atoms with van der Waals surface area (Å²) >= 11 is 0. The van der Waals surface area contributed by atoms with Crippen LogP contribution in [0.2, 0.25) is 0 Å². The van der Waals surface area contributed by atoms with Gasteiger partial charge < -0.3 is 9.84 Å². The molecule has 0 unspecified atom stereocenters. The molecule has 0 spiro atoms. The fourth-order valence-corrected chi connectivity index (χ4v) is 1.12. The molecule has 0 saturated carbocycles. The summed E-state index contributed by atoms with van der Waals surface area (Å²) in [6.45, 7) is -0.373. The third kappa shape index (κ3) is 2.29. The zero-order valence-electron chi connectivity index (χ0n) is 7.97. The second kappa shape index (κ2) is 4.52. The SMILES string of the molecule is COC(=O)c1cc([N+](=O)[O-])ccc1CO. The molecular formula is C9H9NO5. The smallest absolute Gasteiger partial charge is 0.338 e. The van der Waals surface area contributed by atoms with Crippen LogP contribution in [0.15, 0.2) is 18.2 Å². The number of methoxy groups -OCH3 is 1. The standard InChI is InChI=1S/C9H9NO5/c1-15-9(12)8-4-7(10(13)14)3-2-6(8)5-11/h2-4,11H,5H2,1H3. The number of rotatable bonds is 3. The molecule has 0 radical (unpaired) electrons. The maximum atomic E-state index is 11.2. The average Bonchev–Trinajstić information content (AvgIpc) is 2.27. The van der Waals surface area contributed by atoms with Crippen molar-refractivity contribution in [1.29, 1.82) is 0 Å². The number of nitrogens with zero attached hydrogens (tertiary/aromatic N) is 1. The normalized spacial score (nSPS) is 9.73. The van der Waals surface area contributed by atoms with Gasteiger partial charge in [-0.2, -0.15) is 0 Å². The Morgan fingerprint density at radius 2 is 2.27 bits per heavy atom. The molecule has 6 nitrogen and oxygen atoms in total. The van der Waals surface area contributed by atoms with Crippen molar-refractivity contribution in [3.8, 4) is 0 Å². The van der Waals surface area contributed by atoms with Crippen molar-refractivity contribution in [2.75, 3.05) is 7.11 Å². The van der Waals surface area contributed by atoms with E-state index in [-0.39, 0.29) is 17.9 Å². The predicted octanol–water partition coefficient (Wildman–Crippen LogP) is 0.874. The monoisotopic (exact) mass is 211 g/mol. The predicted molar refractivity (Wildman–Crippen MR) is 50.4 cm³/mol. The van der Waals surface area contributed by atoms with Crippen molar-refractivity contribution in [2.24, 2.45) is 0 Å². The summed E-state index contributed by atoms with van der Waals surface area (Å²) in [6.07, 6.45) is 0. The highest BCUT2D eigenvalue weighted by Gasteiger charge is 2.16. The van der Waals surface area contributed by atoms with Gasteiger partial charge in [-0.25, -0.2) is 4.79 Å². The van der Waals surface area contributed by atoms with Crippen LogP contribution in [0.3, 0.4) is 0 Å². The zero-order chi connectivity index (χ0) is 11.4. The van der Waals surface area contributed by atoms with E-state index >= 15 is 0 Å². The fraction of sp³-hybridized carbons (Fsp3) is 0.222. The summed E-state index contributed by atoms with van der Waals surface area (Å²) in [4.78, 5) is 21.0. The van der Waals surface area contributed by atoms with E-state index in [9.17, 15) is 14.9 Å². The Balaban J connectivity index is 3.25. The Labute approximate surface area is 85.2 Å². The number of ether oxygens (including phenoxy) is 1. The molecule has 15 heavy (non-hydrogen) atoms. The van der Waals surface area contributed by atoms with Gasteiger partial charge in [0.2, 0.25) is 0 Å². The molecule has 1 aromatic rings. The van der Waals surface area contributed by atoms with E-state index in [1.807, 2.05) is 0 Å². The molecule has 0 heterocycles. The molecule has 0 aromatic heterocycles. The van der Waals surface area contributed by atoms with Crippen LogP contribution in [0.4, 0.5) is 5.69 Å². The van der Waals surface area contributed by atoms with Crippen LogP contribution in [0.5, 0.6) is 0 Å². The molecule has 0 saturated heterocycles. The minimum atomic E-state index is -0.706. The lowest BCUT2D eigenvalue weighted by molar-refractivity contribution is -0.384. The van der Waals surface area contributed by atoms with Crippen LogP contribution >= 0.6 is 0 Å². The number of esters is 1. The van der Waals surface area contributed by atoms with Crippen molar-refractivity contribution >= 4 is 11.7 Å². The van der Waals surface area contributed by atoms with Gasteiger partial charge in [-0.3, -0.25) is 10.1 Å². The maximum absolute atomic E-state index is 11.2. The lowest BCUT2D eigenvalue weighted by Crippen LogP contribution is -2.06. The second-order valence-electron chi connectivity index (χ2n) is 2.75. The van der Waals surface area contributed by atoms with Crippen LogP contribution in [-0.4, -0.2) is 23.1 Å². The first-order chi connectivity index (χ1) is 7.10. The third-order valence-electron chi connectivity index (χ3n) is 1.88. The molecule has 0 atom stereocenters. The maximum Gasteiger partial charge on any atom is 0.338 e. The van der Waals surface area contributed by atoms with Crippen LogP contribution in [0.1, 0.15) is 15.9 Å². The molecule has 80 valence electrons. The molecule has 0 fully saturated rings. The lowest BCUT2D eigenvalue weighted by atomic mass is 10.1. The van der Waals surface area contributed by atoms with Gasteiger partial charge in [-0.1, -0.05) is 0 Å². The topological polar surface area (TPSA) is 89.7 Å². The number of benzene rings is 1. The first-order valence-electron chi connectivity index (χ1n) is 4.06. The number of aliphatic hydroxyl groups excluding tert-OH is 1. The number of carbonyl (C=O) groups is 1. The third-order valence-corrected chi connectivity index (χ3v) is 1.88. The van der Waals surface area contributed by atoms with Gasteiger partial charge in [0.05, 0.1) is 24.2 Å². The van der Waals surface area contributed by atoms with Gasteiger partial charge in [-0.15, -0.1) is 0 Å². The molecule has 1 N–H and O–H groups in total. The Kier molecular flexibility index (Phi) is 3.35. The molecule has 6 heteroatoms. The van der Waals surface area contributed by atoms with Crippen LogP contribution < -0.4 is 0 Å². The van der Waals surface area contributed by atoms with Gasteiger partial charge in [-0.05, 0) is 11.6 Å².